The van der Waals surface area contributed by atoms with Crippen LogP contribution in [0.3, 0.4) is 0 Å². The molecule has 2 aromatic heterocycles. The monoisotopic (exact) mass is 435 g/mol. The topological polar surface area (TPSA) is 98.9 Å². The molecule has 0 aliphatic carbocycles. The summed E-state index contributed by atoms with van der Waals surface area (Å²) < 4.78 is 30.7. The third-order valence-corrected chi connectivity index (χ3v) is 6.45. The van der Waals surface area contributed by atoms with Gasteiger partial charge in [-0.2, -0.15) is 5.10 Å². The maximum Gasteiger partial charge on any atom is 0.266 e. The van der Waals surface area contributed by atoms with Gasteiger partial charge in [0, 0.05) is 23.3 Å². The highest BCUT2D eigenvalue weighted by Gasteiger charge is 2.18. The molecule has 3 aromatic rings. The van der Waals surface area contributed by atoms with E-state index in [1.165, 1.54) is 16.8 Å². The molecule has 0 radical (unpaired) electrons. The van der Waals surface area contributed by atoms with Gasteiger partial charge in [-0.15, -0.1) is 5.10 Å². The molecular weight excluding hydrogens is 414 g/mol. The van der Waals surface area contributed by atoms with Crippen LogP contribution in [0, 0.1) is 27.7 Å². The molecule has 0 amide bonds. The summed E-state index contributed by atoms with van der Waals surface area (Å²) in [7, 11) is -3.75. The summed E-state index contributed by atoms with van der Waals surface area (Å²) in [4.78, 5) is 12.3. The number of halogens is 1. The molecule has 154 valence electrons. The standard InChI is InChI=1S/C19H22ClN5O3S/c1-12-10-17(13(2)9-16(12)20)29(27,28)21-7-8-24-19(26)6-5-18(23-24)25-15(4)11-14(3)22-25/h5-6,9-11,21H,7-8H2,1-4H3. The molecule has 0 saturated heterocycles. The van der Waals surface area contributed by atoms with E-state index in [-0.39, 0.29) is 23.5 Å². The number of hydrogen-bond acceptors (Lipinski definition) is 5. The highest BCUT2D eigenvalue weighted by molar-refractivity contribution is 7.89. The lowest BCUT2D eigenvalue weighted by atomic mass is 10.2. The van der Waals surface area contributed by atoms with E-state index in [0.717, 1.165) is 11.4 Å². The van der Waals surface area contributed by atoms with Crippen LogP contribution < -0.4 is 10.3 Å². The lowest BCUT2D eigenvalue weighted by Gasteiger charge is -2.12. The van der Waals surface area contributed by atoms with E-state index in [1.54, 1.807) is 30.7 Å². The van der Waals surface area contributed by atoms with Crippen molar-refractivity contribution in [3.8, 4) is 5.82 Å². The van der Waals surface area contributed by atoms with Crippen LogP contribution in [-0.2, 0) is 16.6 Å². The Labute approximate surface area is 174 Å². The van der Waals surface area contributed by atoms with Gasteiger partial charge in [0.15, 0.2) is 5.82 Å². The van der Waals surface area contributed by atoms with Crippen LogP contribution in [0.25, 0.3) is 5.82 Å². The van der Waals surface area contributed by atoms with E-state index in [4.69, 9.17) is 11.6 Å². The molecule has 10 heteroatoms. The van der Waals surface area contributed by atoms with Crippen LogP contribution >= 0.6 is 11.6 Å². The van der Waals surface area contributed by atoms with Gasteiger partial charge in [-0.25, -0.2) is 22.5 Å². The molecule has 0 atom stereocenters. The van der Waals surface area contributed by atoms with Crippen molar-refractivity contribution < 1.29 is 8.42 Å². The van der Waals surface area contributed by atoms with Crippen LogP contribution in [0.2, 0.25) is 5.02 Å². The largest absolute Gasteiger partial charge is 0.268 e. The Kier molecular flexibility index (Phi) is 5.92. The molecule has 0 aliphatic rings. The molecule has 0 aliphatic heterocycles. The van der Waals surface area contributed by atoms with Crippen LogP contribution in [0.15, 0.2) is 40.0 Å². The molecule has 29 heavy (non-hydrogen) atoms. The number of aromatic nitrogens is 4. The van der Waals surface area contributed by atoms with Crippen molar-refractivity contribution in [2.75, 3.05) is 6.54 Å². The minimum atomic E-state index is -3.75. The van der Waals surface area contributed by atoms with Gasteiger partial charge in [0.25, 0.3) is 5.56 Å². The summed E-state index contributed by atoms with van der Waals surface area (Å²) in [6, 6.07) is 8.03. The number of hydrogen-bond donors (Lipinski definition) is 1. The number of nitrogens with zero attached hydrogens (tertiary/aromatic N) is 4. The van der Waals surface area contributed by atoms with E-state index >= 15 is 0 Å². The lowest BCUT2D eigenvalue weighted by molar-refractivity contribution is 0.541. The van der Waals surface area contributed by atoms with E-state index in [2.05, 4.69) is 14.9 Å². The van der Waals surface area contributed by atoms with Gasteiger partial charge < -0.3 is 0 Å². The number of rotatable bonds is 6. The first-order valence-corrected chi connectivity index (χ1v) is 10.8. The van der Waals surface area contributed by atoms with Crippen molar-refractivity contribution in [2.24, 2.45) is 0 Å². The van der Waals surface area contributed by atoms with E-state index in [0.29, 0.717) is 22.0 Å². The summed E-state index contributed by atoms with van der Waals surface area (Å²) in [5.74, 6) is 0.488. The Morgan fingerprint density at radius 2 is 1.76 bits per heavy atom. The molecule has 1 aromatic carbocycles. The van der Waals surface area contributed by atoms with Crippen LogP contribution in [0.4, 0.5) is 0 Å². The molecular formula is C19H22ClN5O3S. The van der Waals surface area contributed by atoms with Crippen LogP contribution in [0.1, 0.15) is 22.5 Å². The molecule has 2 heterocycles. The SMILES string of the molecule is Cc1cc(C)n(-c2ccc(=O)n(CCNS(=O)(=O)c3cc(C)c(Cl)cc3C)n2)n1. The first-order chi connectivity index (χ1) is 13.6. The summed E-state index contributed by atoms with van der Waals surface area (Å²) >= 11 is 6.05. The fourth-order valence-corrected chi connectivity index (χ4v) is 4.53. The zero-order valence-electron chi connectivity index (χ0n) is 16.6. The lowest BCUT2D eigenvalue weighted by Crippen LogP contribution is -2.32. The maximum absolute atomic E-state index is 12.7. The van der Waals surface area contributed by atoms with Crippen molar-refractivity contribution in [1.29, 1.82) is 0 Å². The Bertz CT molecular complexity index is 1230. The Hall–Kier alpha value is -2.49. The van der Waals surface area contributed by atoms with E-state index in [9.17, 15) is 13.2 Å². The summed E-state index contributed by atoms with van der Waals surface area (Å²) in [6.45, 7) is 7.28. The van der Waals surface area contributed by atoms with Crippen LogP contribution in [-0.4, -0.2) is 34.5 Å². The predicted octanol–water partition coefficient (Wildman–Crippen LogP) is 2.29. The van der Waals surface area contributed by atoms with Gasteiger partial charge in [0.1, 0.15) is 0 Å². The van der Waals surface area contributed by atoms with Gasteiger partial charge in [-0.3, -0.25) is 4.79 Å². The summed E-state index contributed by atoms with van der Waals surface area (Å²) in [6.07, 6.45) is 0. The second-order valence-electron chi connectivity index (χ2n) is 6.86. The third-order valence-electron chi connectivity index (χ3n) is 4.44. The molecule has 0 spiro atoms. The minimum absolute atomic E-state index is 0.0108. The average molecular weight is 436 g/mol. The molecule has 0 fully saturated rings. The quantitative estimate of drug-likeness (QED) is 0.640. The molecule has 3 rings (SSSR count). The number of aryl methyl sites for hydroxylation is 4. The molecule has 0 unspecified atom stereocenters. The highest BCUT2D eigenvalue weighted by atomic mass is 35.5. The zero-order chi connectivity index (χ0) is 21.3. The Morgan fingerprint density at radius 3 is 2.41 bits per heavy atom. The Balaban J connectivity index is 1.78. The number of benzene rings is 1. The average Bonchev–Trinajstić information content (AvgIpc) is 2.97. The molecule has 1 N–H and O–H groups in total. The van der Waals surface area contributed by atoms with Crippen molar-refractivity contribution in [3.63, 3.8) is 0 Å². The first-order valence-electron chi connectivity index (χ1n) is 8.97. The van der Waals surface area contributed by atoms with E-state index in [1.807, 2.05) is 19.9 Å². The Morgan fingerprint density at radius 1 is 1.03 bits per heavy atom. The van der Waals surface area contributed by atoms with Crippen LogP contribution in [0.5, 0.6) is 0 Å². The summed E-state index contributed by atoms with van der Waals surface area (Å²) in [5, 5.41) is 9.17. The van der Waals surface area contributed by atoms with Crippen molar-refractivity contribution >= 4 is 21.6 Å². The van der Waals surface area contributed by atoms with Gasteiger partial charge in [0.2, 0.25) is 10.0 Å². The fourth-order valence-electron chi connectivity index (χ4n) is 2.98. The first kappa shape index (κ1) is 21.2. The fraction of sp³-hybridized carbons (Fsp3) is 0.316. The molecule has 0 saturated carbocycles. The highest BCUT2D eigenvalue weighted by Crippen LogP contribution is 2.23. The molecule has 0 bridgehead atoms. The predicted molar refractivity (Wildman–Crippen MR) is 111 cm³/mol. The van der Waals surface area contributed by atoms with Gasteiger partial charge in [-0.05, 0) is 63.1 Å². The maximum atomic E-state index is 12.7. The second kappa shape index (κ2) is 8.10. The second-order valence-corrected chi connectivity index (χ2v) is 9.00. The zero-order valence-corrected chi connectivity index (χ0v) is 18.2. The van der Waals surface area contributed by atoms with Gasteiger partial charge in [0.05, 0.1) is 17.1 Å². The van der Waals surface area contributed by atoms with Crippen molar-refractivity contribution in [2.45, 2.75) is 39.1 Å². The smallest absolute Gasteiger partial charge is 0.266 e. The van der Waals surface area contributed by atoms with Gasteiger partial charge in [-0.1, -0.05) is 11.6 Å². The van der Waals surface area contributed by atoms with Crippen molar-refractivity contribution in [1.82, 2.24) is 24.3 Å². The van der Waals surface area contributed by atoms with Gasteiger partial charge >= 0.3 is 0 Å². The minimum Gasteiger partial charge on any atom is -0.268 e. The number of nitrogens with one attached hydrogen (secondary N) is 1. The van der Waals surface area contributed by atoms with E-state index < -0.39 is 10.0 Å². The number of sulfonamides is 1. The molecule has 8 nitrogen and oxygen atoms in total. The third kappa shape index (κ3) is 4.58. The summed E-state index contributed by atoms with van der Waals surface area (Å²) in [5.41, 5.74) is 2.62. The normalized spacial score (nSPS) is 11.8. The van der Waals surface area contributed by atoms with Crippen molar-refractivity contribution in [3.05, 3.63) is 68.2 Å².